The van der Waals surface area contributed by atoms with Gasteiger partial charge in [0, 0.05) is 17.6 Å². The Hall–Kier alpha value is -3.27. The lowest BCUT2D eigenvalue weighted by Gasteiger charge is -2.29. The number of nitrogens with one attached hydrogen (secondary N) is 1. The lowest BCUT2D eigenvalue weighted by molar-refractivity contribution is -0.137. The molecule has 1 aliphatic carbocycles. The van der Waals surface area contributed by atoms with Crippen LogP contribution in [0.3, 0.4) is 0 Å². The quantitative estimate of drug-likeness (QED) is 0.538. The van der Waals surface area contributed by atoms with Crippen LogP contribution in [0.4, 0.5) is 23.2 Å². The van der Waals surface area contributed by atoms with Gasteiger partial charge in [0.25, 0.3) is 0 Å². The van der Waals surface area contributed by atoms with Crippen LogP contribution in [0.5, 0.6) is 0 Å². The van der Waals surface area contributed by atoms with E-state index in [-0.39, 0.29) is 35.8 Å². The van der Waals surface area contributed by atoms with Crippen molar-refractivity contribution in [3.8, 4) is 5.69 Å². The molecule has 2 aromatic carbocycles. The van der Waals surface area contributed by atoms with Crippen molar-refractivity contribution in [3.05, 3.63) is 72.1 Å². The van der Waals surface area contributed by atoms with Crippen LogP contribution in [-0.2, 0) is 11.0 Å². The van der Waals surface area contributed by atoms with Gasteiger partial charge in [-0.3, -0.25) is 9.69 Å². The number of carbonyl (C=O) groups is 1. The second-order valence-electron chi connectivity index (χ2n) is 7.72. The summed E-state index contributed by atoms with van der Waals surface area (Å²) in [6, 6.07) is 9.13. The zero-order chi connectivity index (χ0) is 22.9. The second-order valence-corrected chi connectivity index (χ2v) is 7.72. The van der Waals surface area contributed by atoms with Gasteiger partial charge >= 0.3 is 6.18 Å². The van der Waals surface area contributed by atoms with Crippen molar-refractivity contribution in [2.75, 3.05) is 11.9 Å². The molecule has 1 aromatic heterocycles. The smallest absolute Gasteiger partial charge is 0.323 e. The van der Waals surface area contributed by atoms with E-state index in [4.69, 9.17) is 0 Å². The first kappa shape index (κ1) is 21.9. The first-order valence-electron chi connectivity index (χ1n) is 10.1. The Balaban J connectivity index is 1.58. The van der Waals surface area contributed by atoms with Crippen molar-refractivity contribution in [1.29, 1.82) is 0 Å². The summed E-state index contributed by atoms with van der Waals surface area (Å²) in [4.78, 5) is 18.6. The summed E-state index contributed by atoms with van der Waals surface area (Å²) in [6.07, 6.45) is -0.247. The van der Waals surface area contributed by atoms with Crippen LogP contribution in [0, 0.1) is 5.82 Å². The summed E-state index contributed by atoms with van der Waals surface area (Å²) in [7, 11) is 0. The maximum atomic E-state index is 14.3. The molecule has 1 aliphatic rings. The Labute approximate surface area is 181 Å². The largest absolute Gasteiger partial charge is 0.416 e. The Bertz CT molecular complexity index is 1100. The van der Waals surface area contributed by atoms with E-state index in [1.165, 1.54) is 29.5 Å². The van der Waals surface area contributed by atoms with Gasteiger partial charge in [-0.1, -0.05) is 18.2 Å². The van der Waals surface area contributed by atoms with Crippen LogP contribution >= 0.6 is 0 Å². The molecular weight excluding hydrogens is 426 g/mol. The van der Waals surface area contributed by atoms with Crippen molar-refractivity contribution in [1.82, 2.24) is 19.7 Å². The first-order chi connectivity index (χ1) is 15.2. The highest BCUT2D eigenvalue weighted by Gasteiger charge is 2.35. The standard InChI is InChI=1S/C22H21F4N5O/c1-14(17-4-2-3-5-18(17)23)30(16-7-8-16)11-21(32)29-19-10-15(22(24,25)26)6-9-20(19)31-13-27-12-28-31/h2-6,9-10,12-14,16H,7-8,11H2,1H3,(H,29,32). The number of nitrogens with zero attached hydrogens (tertiary/aromatic N) is 4. The molecule has 1 atom stereocenters. The molecule has 3 aromatic rings. The highest BCUT2D eigenvalue weighted by Crippen LogP contribution is 2.36. The molecule has 0 radical (unpaired) electrons. The molecule has 32 heavy (non-hydrogen) atoms. The van der Waals surface area contributed by atoms with Gasteiger partial charge in [0.05, 0.1) is 23.5 Å². The number of halogens is 4. The summed E-state index contributed by atoms with van der Waals surface area (Å²) in [6.45, 7) is 1.72. The monoisotopic (exact) mass is 447 g/mol. The van der Waals surface area contributed by atoms with Crippen molar-refractivity contribution < 1.29 is 22.4 Å². The fraction of sp³-hybridized carbons (Fsp3) is 0.318. The molecule has 1 N–H and O–H groups in total. The maximum Gasteiger partial charge on any atom is 0.416 e. The van der Waals surface area contributed by atoms with Gasteiger partial charge in [-0.05, 0) is 44.0 Å². The third-order valence-electron chi connectivity index (χ3n) is 5.46. The van der Waals surface area contributed by atoms with Gasteiger partial charge < -0.3 is 5.32 Å². The van der Waals surface area contributed by atoms with Gasteiger partial charge in [-0.15, -0.1) is 0 Å². The van der Waals surface area contributed by atoms with Crippen LogP contribution in [-0.4, -0.2) is 38.2 Å². The maximum absolute atomic E-state index is 14.3. The summed E-state index contributed by atoms with van der Waals surface area (Å²) in [5, 5.41) is 6.53. The average Bonchev–Trinajstić information content (AvgIpc) is 3.44. The zero-order valence-corrected chi connectivity index (χ0v) is 17.2. The number of benzene rings is 2. The van der Waals surface area contributed by atoms with Gasteiger partial charge in [0.1, 0.15) is 18.5 Å². The number of alkyl halides is 3. The summed E-state index contributed by atoms with van der Waals surface area (Å²) in [5.41, 5.74) is -0.210. The molecule has 1 fully saturated rings. The molecular formula is C22H21F4N5O. The molecule has 1 amide bonds. The number of anilines is 1. The number of amides is 1. The fourth-order valence-electron chi connectivity index (χ4n) is 3.68. The minimum atomic E-state index is -4.57. The molecule has 1 unspecified atom stereocenters. The molecule has 0 aliphatic heterocycles. The van der Waals surface area contributed by atoms with E-state index in [9.17, 15) is 22.4 Å². The summed E-state index contributed by atoms with van der Waals surface area (Å²) >= 11 is 0. The topological polar surface area (TPSA) is 63.1 Å². The number of carbonyl (C=O) groups excluding carboxylic acids is 1. The molecule has 168 valence electrons. The summed E-state index contributed by atoms with van der Waals surface area (Å²) < 4.78 is 55.3. The highest BCUT2D eigenvalue weighted by atomic mass is 19.4. The molecule has 1 saturated carbocycles. The minimum Gasteiger partial charge on any atom is -0.323 e. The van der Waals surface area contributed by atoms with Crippen LogP contribution in [0.2, 0.25) is 0 Å². The van der Waals surface area contributed by atoms with Gasteiger partial charge in [-0.25, -0.2) is 14.1 Å². The number of hydrogen-bond donors (Lipinski definition) is 1. The van der Waals surface area contributed by atoms with Crippen molar-refractivity contribution in [2.45, 2.75) is 38.0 Å². The van der Waals surface area contributed by atoms with E-state index in [2.05, 4.69) is 15.4 Å². The molecule has 0 spiro atoms. The Morgan fingerprint density at radius 2 is 2.00 bits per heavy atom. The van der Waals surface area contributed by atoms with E-state index >= 15 is 0 Å². The fourth-order valence-corrected chi connectivity index (χ4v) is 3.68. The second kappa shape index (κ2) is 8.70. The van der Waals surface area contributed by atoms with Gasteiger partial charge in [0.2, 0.25) is 5.91 Å². The highest BCUT2D eigenvalue weighted by molar-refractivity contribution is 5.94. The Kier molecular flexibility index (Phi) is 5.96. The Morgan fingerprint density at radius 1 is 1.25 bits per heavy atom. The minimum absolute atomic E-state index is 0.0374. The Morgan fingerprint density at radius 3 is 2.62 bits per heavy atom. The van der Waals surface area contributed by atoms with E-state index in [1.54, 1.807) is 18.2 Å². The average molecular weight is 447 g/mol. The SMILES string of the molecule is CC(c1ccccc1F)N(CC(=O)Nc1cc(C(F)(F)F)ccc1-n1cncn1)C1CC1. The molecule has 0 bridgehead atoms. The first-order valence-corrected chi connectivity index (χ1v) is 10.1. The van der Waals surface area contributed by atoms with Crippen molar-refractivity contribution in [3.63, 3.8) is 0 Å². The van der Waals surface area contributed by atoms with Crippen LogP contribution in [0.25, 0.3) is 5.69 Å². The van der Waals surface area contributed by atoms with E-state index < -0.39 is 17.6 Å². The van der Waals surface area contributed by atoms with E-state index in [1.807, 2.05) is 11.8 Å². The van der Waals surface area contributed by atoms with E-state index in [0.29, 0.717) is 5.56 Å². The van der Waals surface area contributed by atoms with Crippen LogP contribution < -0.4 is 5.32 Å². The van der Waals surface area contributed by atoms with Crippen LogP contribution in [0.1, 0.15) is 36.9 Å². The lowest BCUT2D eigenvalue weighted by atomic mass is 10.1. The lowest BCUT2D eigenvalue weighted by Crippen LogP contribution is -2.37. The van der Waals surface area contributed by atoms with Crippen molar-refractivity contribution >= 4 is 11.6 Å². The van der Waals surface area contributed by atoms with E-state index in [0.717, 1.165) is 25.0 Å². The molecule has 6 nitrogen and oxygen atoms in total. The number of rotatable bonds is 7. The number of aromatic nitrogens is 3. The third-order valence-corrected chi connectivity index (χ3v) is 5.46. The van der Waals surface area contributed by atoms with Crippen molar-refractivity contribution in [2.24, 2.45) is 0 Å². The molecule has 10 heteroatoms. The molecule has 0 saturated heterocycles. The predicted molar refractivity (Wildman–Crippen MR) is 110 cm³/mol. The molecule has 4 rings (SSSR count). The molecule has 1 heterocycles. The zero-order valence-electron chi connectivity index (χ0n) is 17.2. The number of hydrogen-bond acceptors (Lipinski definition) is 4. The summed E-state index contributed by atoms with van der Waals surface area (Å²) in [5.74, 6) is -0.863. The predicted octanol–water partition coefficient (Wildman–Crippen LogP) is 4.59. The van der Waals surface area contributed by atoms with Gasteiger partial charge in [0.15, 0.2) is 0 Å². The normalized spacial score (nSPS) is 15.1. The third kappa shape index (κ3) is 4.80. The van der Waals surface area contributed by atoms with Gasteiger partial charge in [-0.2, -0.15) is 18.3 Å². The van der Waals surface area contributed by atoms with Crippen LogP contribution in [0.15, 0.2) is 55.1 Å².